The third kappa shape index (κ3) is 3.50. The second kappa shape index (κ2) is 7.14. The quantitative estimate of drug-likeness (QED) is 0.852. The molecule has 120 valence electrons. The van der Waals surface area contributed by atoms with E-state index in [1.165, 1.54) is 12.8 Å². The summed E-state index contributed by atoms with van der Waals surface area (Å²) >= 11 is 0. The summed E-state index contributed by atoms with van der Waals surface area (Å²) < 4.78 is 0. The molecule has 2 amide bonds. The number of nitrogens with zero attached hydrogens (tertiary/aromatic N) is 2. The van der Waals surface area contributed by atoms with E-state index in [0.29, 0.717) is 6.54 Å². The molecule has 2 aliphatic rings. The van der Waals surface area contributed by atoms with E-state index in [1.807, 2.05) is 11.8 Å². The second-order valence-electron chi connectivity index (χ2n) is 6.48. The summed E-state index contributed by atoms with van der Waals surface area (Å²) in [5.74, 6) is -0.828. The number of carbonyl (C=O) groups is 2. The Morgan fingerprint density at radius 2 is 1.76 bits per heavy atom. The first-order valence-corrected chi connectivity index (χ1v) is 8.36. The zero-order valence-corrected chi connectivity index (χ0v) is 13.3. The van der Waals surface area contributed by atoms with Gasteiger partial charge in [0.1, 0.15) is 6.04 Å². The molecule has 3 atom stereocenters. The van der Waals surface area contributed by atoms with Crippen LogP contribution in [0.5, 0.6) is 0 Å². The Morgan fingerprint density at radius 1 is 1.05 bits per heavy atom. The molecular weight excluding hydrogens is 268 g/mol. The Bertz CT molecular complexity index is 386. The minimum Gasteiger partial charge on any atom is -0.480 e. The van der Waals surface area contributed by atoms with Gasteiger partial charge in [-0.25, -0.2) is 9.59 Å². The van der Waals surface area contributed by atoms with E-state index < -0.39 is 12.0 Å². The van der Waals surface area contributed by atoms with Crippen molar-refractivity contribution in [1.82, 2.24) is 9.80 Å². The lowest BCUT2D eigenvalue weighted by Gasteiger charge is -2.41. The van der Waals surface area contributed by atoms with Crippen LogP contribution in [0.1, 0.15) is 58.8 Å². The number of amides is 2. The molecule has 21 heavy (non-hydrogen) atoms. The van der Waals surface area contributed by atoms with Crippen LogP contribution in [0.2, 0.25) is 0 Å². The van der Waals surface area contributed by atoms with Crippen molar-refractivity contribution in [2.24, 2.45) is 5.92 Å². The summed E-state index contributed by atoms with van der Waals surface area (Å²) in [6.07, 6.45) is 7.15. The number of carboxylic acid groups (broad SMARTS) is 1. The fraction of sp³-hybridized carbons (Fsp3) is 0.875. The van der Waals surface area contributed by atoms with Crippen molar-refractivity contribution < 1.29 is 14.7 Å². The van der Waals surface area contributed by atoms with Gasteiger partial charge in [0.15, 0.2) is 0 Å². The molecule has 2 saturated heterocycles. The van der Waals surface area contributed by atoms with Crippen molar-refractivity contribution in [2.45, 2.75) is 70.9 Å². The van der Waals surface area contributed by atoms with Gasteiger partial charge in [-0.15, -0.1) is 0 Å². The predicted octanol–water partition coefficient (Wildman–Crippen LogP) is 2.95. The molecule has 0 radical (unpaired) electrons. The molecule has 0 aromatic heterocycles. The SMILES string of the molecule is CCC1CCCCCN1C(=O)N1CCCC(C)C1C(=O)O. The van der Waals surface area contributed by atoms with E-state index in [9.17, 15) is 14.7 Å². The highest BCUT2D eigenvalue weighted by atomic mass is 16.4. The fourth-order valence-electron chi connectivity index (χ4n) is 3.80. The molecule has 5 heteroatoms. The highest BCUT2D eigenvalue weighted by Crippen LogP contribution is 2.27. The normalized spacial score (nSPS) is 30.9. The van der Waals surface area contributed by atoms with Crippen molar-refractivity contribution in [3.05, 3.63) is 0 Å². The van der Waals surface area contributed by atoms with Gasteiger partial charge >= 0.3 is 12.0 Å². The molecule has 2 rings (SSSR count). The van der Waals surface area contributed by atoms with Gasteiger partial charge in [-0.1, -0.05) is 26.7 Å². The minimum atomic E-state index is -0.863. The number of urea groups is 1. The average molecular weight is 296 g/mol. The van der Waals surface area contributed by atoms with Crippen molar-refractivity contribution >= 4 is 12.0 Å². The minimum absolute atomic E-state index is 0.0345. The average Bonchev–Trinajstić information content (AvgIpc) is 2.70. The molecule has 2 aliphatic heterocycles. The maximum Gasteiger partial charge on any atom is 0.326 e. The van der Waals surface area contributed by atoms with Crippen LogP contribution in [0.25, 0.3) is 0 Å². The van der Waals surface area contributed by atoms with Crippen LogP contribution in [0.15, 0.2) is 0 Å². The summed E-state index contributed by atoms with van der Waals surface area (Å²) in [6.45, 7) is 5.41. The molecule has 0 aromatic carbocycles. The molecule has 0 aromatic rings. The van der Waals surface area contributed by atoms with Gasteiger partial charge in [0.25, 0.3) is 0 Å². The lowest BCUT2D eigenvalue weighted by Crippen LogP contribution is -2.57. The molecule has 0 aliphatic carbocycles. The molecule has 0 bridgehead atoms. The zero-order chi connectivity index (χ0) is 15.4. The van der Waals surface area contributed by atoms with Crippen molar-refractivity contribution in [3.8, 4) is 0 Å². The molecule has 2 heterocycles. The topological polar surface area (TPSA) is 60.9 Å². The van der Waals surface area contributed by atoms with Gasteiger partial charge in [0.2, 0.25) is 0 Å². The Labute approximate surface area is 127 Å². The highest BCUT2D eigenvalue weighted by molar-refractivity contribution is 5.83. The van der Waals surface area contributed by atoms with Gasteiger partial charge in [-0.05, 0) is 38.0 Å². The molecule has 2 fully saturated rings. The van der Waals surface area contributed by atoms with Crippen molar-refractivity contribution in [3.63, 3.8) is 0 Å². The van der Waals surface area contributed by atoms with E-state index in [0.717, 1.165) is 38.6 Å². The first-order chi connectivity index (χ1) is 10.1. The summed E-state index contributed by atoms with van der Waals surface area (Å²) in [7, 11) is 0. The first kappa shape index (κ1) is 16.1. The van der Waals surface area contributed by atoms with Crippen LogP contribution >= 0.6 is 0 Å². The van der Waals surface area contributed by atoms with Gasteiger partial charge in [0, 0.05) is 19.1 Å². The molecular formula is C16H28N2O3. The number of rotatable bonds is 2. The first-order valence-electron chi connectivity index (χ1n) is 8.36. The Morgan fingerprint density at radius 3 is 2.43 bits per heavy atom. The van der Waals surface area contributed by atoms with Crippen LogP contribution < -0.4 is 0 Å². The van der Waals surface area contributed by atoms with Gasteiger partial charge in [0.05, 0.1) is 0 Å². The molecule has 0 spiro atoms. The number of carboxylic acids is 1. The smallest absolute Gasteiger partial charge is 0.326 e. The van der Waals surface area contributed by atoms with E-state index in [4.69, 9.17) is 0 Å². The van der Waals surface area contributed by atoms with Gasteiger partial charge in [-0.2, -0.15) is 0 Å². The Kier molecular flexibility index (Phi) is 5.48. The molecule has 0 saturated carbocycles. The monoisotopic (exact) mass is 296 g/mol. The predicted molar refractivity (Wildman–Crippen MR) is 81.2 cm³/mol. The van der Waals surface area contributed by atoms with Crippen molar-refractivity contribution in [1.29, 1.82) is 0 Å². The summed E-state index contributed by atoms with van der Waals surface area (Å²) in [5, 5.41) is 9.49. The fourth-order valence-corrected chi connectivity index (χ4v) is 3.80. The van der Waals surface area contributed by atoms with E-state index in [2.05, 4.69) is 6.92 Å². The van der Waals surface area contributed by atoms with E-state index in [1.54, 1.807) is 4.90 Å². The van der Waals surface area contributed by atoms with Crippen LogP contribution in [0.4, 0.5) is 4.79 Å². The Balaban J connectivity index is 2.17. The zero-order valence-electron chi connectivity index (χ0n) is 13.3. The van der Waals surface area contributed by atoms with Gasteiger partial charge < -0.3 is 14.9 Å². The molecule has 1 N–H and O–H groups in total. The third-order valence-electron chi connectivity index (χ3n) is 5.03. The third-order valence-corrected chi connectivity index (χ3v) is 5.03. The van der Waals surface area contributed by atoms with Crippen LogP contribution in [0, 0.1) is 5.92 Å². The van der Waals surface area contributed by atoms with E-state index in [-0.39, 0.29) is 18.0 Å². The maximum absolute atomic E-state index is 12.9. The van der Waals surface area contributed by atoms with Crippen LogP contribution in [0.3, 0.4) is 0 Å². The standard InChI is InChI=1S/C16H28N2O3/c1-3-13-9-5-4-6-10-17(13)16(21)18-11-7-8-12(2)14(18)15(19)20/h12-14H,3-11H2,1-2H3,(H,19,20). The van der Waals surface area contributed by atoms with Gasteiger partial charge in [-0.3, -0.25) is 0 Å². The Hall–Kier alpha value is -1.26. The number of likely N-dealkylation sites (tertiary alicyclic amines) is 2. The summed E-state index contributed by atoms with van der Waals surface area (Å²) in [5.41, 5.74) is 0. The largest absolute Gasteiger partial charge is 0.480 e. The summed E-state index contributed by atoms with van der Waals surface area (Å²) in [4.78, 5) is 28.1. The number of hydrogen-bond donors (Lipinski definition) is 1. The maximum atomic E-state index is 12.9. The van der Waals surface area contributed by atoms with Crippen LogP contribution in [-0.4, -0.2) is 52.1 Å². The molecule has 3 unspecified atom stereocenters. The second-order valence-corrected chi connectivity index (χ2v) is 6.48. The number of aliphatic carboxylic acids is 1. The highest BCUT2D eigenvalue weighted by Gasteiger charge is 2.40. The summed E-state index contributed by atoms with van der Waals surface area (Å²) in [6, 6.07) is -0.443. The number of carbonyl (C=O) groups excluding carboxylic acids is 1. The lowest BCUT2D eigenvalue weighted by atomic mass is 9.91. The van der Waals surface area contributed by atoms with Crippen molar-refractivity contribution in [2.75, 3.05) is 13.1 Å². The van der Waals surface area contributed by atoms with E-state index >= 15 is 0 Å². The molecule has 5 nitrogen and oxygen atoms in total. The lowest BCUT2D eigenvalue weighted by molar-refractivity contribution is -0.145. The number of hydrogen-bond acceptors (Lipinski definition) is 2. The van der Waals surface area contributed by atoms with Crippen LogP contribution in [-0.2, 0) is 4.79 Å². The number of piperidine rings is 1.